The fourth-order valence-corrected chi connectivity index (χ4v) is 2.97. The number of hydrogen-bond acceptors (Lipinski definition) is 5. The zero-order valence-electron chi connectivity index (χ0n) is 10.7. The molecule has 100 valence electrons. The highest BCUT2D eigenvalue weighted by atomic mass is 32.2. The van der Waals surface area contributed by atoms with E-state index in [1.165, 1.54) is 24.1 Å². The van der Waals surface area contributed by atoms with E-state index in [9.17, 15) is 0 Å². The average Bonchev–Trinajstić information content (AvgIpc) is 2.43. The van der Waals surface area contributed by atoms with Crippen molar-refractivity contribution in [3.63, 3.8) is 0 Å². The first-order valence-corrected chi connectivity index (χ1v) is 7.82. The van der Waals surface area contributed by atoms with Crippen molar-refractivity contribution in [2.45, 2.75) is 32.1 Å². The van der Waals surface area contributed by atoms with Crippen molar-refractivity contribution in [2.75, 3.05) is 30.0 Å². The molecule has 0 atom stereocenters. The van der Waals surface area contributed by atoms with Gasteiger partial charge >= 0.3 is 0 Å². The maximum Gasteiger partial charge on any atom is 0.132 e. The van der Waals surface area contributed by atoms with Gasteiger partial charge in [0.2, 0.25) is 0 Å². The van der Waals surface area contributed by atoms with Crippen LogP contribution in [0.4, 0.5) is 5.82 Å². The lowest BCUT2D eigenvalue weighted by Gasteiger charge is -2.17. The van der Waals surface area contributed by atoms with Crippen LogP contribution in [0.25, 0.3) is 0 Å². The Labute approximate surface area is 113 Å². The van der Waals surface area contributed by atoms with Gasteiger partial charge in [-0.25, -0.2) is 9.97 Å². The van der Waals surface area contributed by atoms with E-state index in [0.29, 0.717) is 6.61 Å². The molecule has 0 aromatic carbocycles. The predicted octanol–water partition coefficient (Wildman–Crippen LogP) is 1.88. The molecule has 18 heavy (non-hydrogen) atoms. The van der Waals surface area contributed by atoms with E-state index in [-0.39, 0.29) is 0 Å². The molecule has 1 aliphatic rings. The summed E-state index contributed by atoms with van der Waals surface area (Å²) in [5, 5.41) is 12.1. The highest BCUT2D eigenvalue weighted by Gasteiger charge is 2.14. The Morgan fingerprint density at radius 3 is 3.00 bits per heavy atom. The minimum atomic E-state index is 0.292. The summed E-state index contributed by atoms with van der Waals surface area (Å²) in [5.74, 6) is 3.11. The molecular formula is C13H21N3OS. The van der Waals surface area contributed by atoms with Crippen LogP contribution in [0.5, 0.6) is 0 Å². The van der Waals surface area contributed by atoms with Gasteiger partial charge in [-0.05, 0) is 37.9 Å². The van der Waals surface area contributed by atoms with Crippen LogP contribution in [0.15, 0.2) is 6.33 Å². The minimum Gasteiger partial charge on any atom is -0.396 e. The van der Waals surface area contributed by atoms with Gasteiger partial charge in [-0.1, -0.05) is 0 Å². The maximum absolute atomic E-state index is 8.69. The number of aryl methyl sites for hydroxylation is 1. The van der Waals surface area contributed by atoms with E-state index in [1.54, 1.807) is 6.33 Å². The predicted molar refractivity (Wildman–Crippen MR) is 76.2 cm³/mol. The summed E-state index contributed by atoms with van der Waals surface area (Å²) in [6, 6.07) is 0. The van der Waals surface area contributed by atoms with Crippen LogP contribution in [0, 0.1) is 0 Å². The topological polar surface area (TPSA) is 58.0 Å². The molecule has 1 aromatic heterocycles. The van der Waals surface area contributed by atoms with Crippen molar-refractivity contribution in [3.05, 3.63) is 17.6 Å². The largest absolute Gasteiger partial charge is 0.396 e. The molecule has 1 aliphatic carbocycles. The molecule has 0 saturated carbocycles. The lowest BCUT2D eigenvalue weighted by Crippen LogP contribution is -2.13. The van der Waals surface area contributed by atoms with E-state index < -0.39 is 0 Å². The van der Waals surface area contributed by atoms with E-state index in [0.717, 1.165) is 43.1 Å². The van der Waals surface area contributed by atoms with E-state index >= 15 is 0 Å². The van der Waals surface area contributed by atoms with Gasteiger partial charge in [-0.2, -0.15) is 11.8 Å². The van der Waals surface area contributed by atoms with Gasteiger partial charge in [0.05, 0.1) is 0 Å². The Bertz CT molecular complexity index is 373. The third-order valence-corrected chi connectivity index (χ3v) is 4.18. The van der Waals surface area contributed by atoms with Crippen LogP contribution >= 0.6 is 11.8 Å². The molecule has 1 heterocycles. The molecule has 0 unspecified atom stereocenters. The molecular weight excluding hydrogens is 246 g/mol. The first-order valence-electron chi connectivity index (χ1n) is 6.67. The van der Waals surface area contributed by atoms with E-state index in [2.05, 4.69) is 15.3 Å². The second-order valence-electron chi connectivity index (χ2n) is 4.47. The Balaban J connectivity index is 1.79. The lowest BCUT2D eigenvalue weighted by atomic mass is 9.96. The SMILES string of the molecule is OCCCSCCNc1ncnc2c1CCCC2. The molecule has 5 heteroatoms. The monoisotopic (exact) mass is 267 g/mol. The lowest BCUT2D eigenvalue weighted by molar-refractivity contribution is 0.296. The molecule has 0 saturated heterocycles. The second kappa shape index (κ2) is 7.59. The average molecular weight is 267 g/mol. The zero-order valence-corrected chi connectivity index (χ0v) is 11.5. The van der Waals surface area contributed by atoms with Crippen LogP contribution < -0.4 is 5.32 Å². The number of nitrogens with zero attached hydrogens (tertiary/aromatic N) is 2. The number of aliphatic hydroxyl groups is 1. The molecule has 0 radical (unpaired) electrons. The molecule has 2 N–H and O–H groups in total. The van der Waals surface area contributed by atoms with Crippen LogP contribution in [0.3, 0.4) is 0 Å². The fraction of sp³-hybridized carbons (Fsp3) is 0.692. The molecule has 1 aromatic rings. The Hall–Kier alpha value is -0.810. The van der Waals surface area contributed by atoms with Crippen molar-refractivity contribution in [2.24, 2.45) is 0 Å². The zero-order chi connectivity index (χ0) is 12.6. The molecule has 0 amide bonds. The summed E-state index contributed by atoms with van der Waals surface area (Å²) in [6.07, 6.45) is 7.26. The highest BCUT2D eigenvalue weighted by molar-refractivity contribution is 7.99. The third kappa shape index (κ3) is 3.85. The van der Waals surface area contributed by atoms with Crippen LogP contribution in [-0.4, -0.2) is 39.7 Å². The minimum absolute atomic E-state index is 0.292. The Morgan fingerprint density at radius 2 is 2.11 bits per heavy atom. The summed E-state index contributed by atoms with van der Waals surface area (Å²) >= 11 is 1.87. The maximum atomic E-state index is 8.69. The summed E-state index contributed by atoms with van der Waals surface area (Å²) in [4.78, 5) is 8.72. The smallest absolute Gasteiger partial charge is 0.132 e. The van der Waals surface area contributed by atoms with Gasteiger partial charge in [0.25, 0.3) is 0 Å². The van der Waals surface area contributed by atoms with Crippen LogP contribution in [-0.2, 0) is 12.8 Å². The number of aromatic nitrogens is 2. The van der Waals surface area contributed by atoms with Crippen LogP contribution in [0.1, 0.15) is 30.5 Å². The molecule has 0 bridgehead atoms. The molecule has 0 fully saturated rings. The number of rotatable bonds is 7. The Morgan fingerprint density at radius 1 is 1.22 bits per heavy atom. The first kappa shape index (κ1) is 13.6. The summed E-state index contributed by atoms with van der Waals surface area (Å²) < 4.78 is 0. The second-order valence-corrected chi connectivity index (χ2v) is 5.70. The van der Waals surface area contributed by atoms with Crippen molar-refractivity contribution in [1.82, 2.24) is 9.97 Å². The number of anilines is 1. The normalized spacial score (nSPS) is 14.3. The summed E-state index contributed by atoms with van der Waals surface area (Å²) in [5.41, 5.74) is 2.55. The van der Waals surface area contributed by atoms with E-state index in [4.69, 9.17) is 5.11 Å². The molecule has 0 spiro atoms. The summed E-state index contributed by atoms with van der Waals surface area (Å²) in [6.45, 7) is 1.22. The highest BCUT2D eigenvalue weighted by Crippen LogP contribution is 2.24. The number of aliphatic hydroxyl groups excluding tert-OH is 1. The third-order valence-electron chi connectivity index (χ3n) is 3.11. The first-order chi connectivity index (χ1) is 8.92. The quantitative estimate of drug-likeness (QED) is 0.739. The number of thioether (sulfide) groups is 1. The van der Waals surface area contributed by atoms with Gasteiger partial charge in [0.15, 0.2) is 0 Å². The fourth-order valence-electron chi connectivity index (χ4n) is 2.18. The van der Waals surface area contributed by atoms with Crippen LogP contribution in [0.2, 0.25) is 0 Å². The van der Waals surface area contributed by atoms with Gasteiger partial charge in [-0.3, -0.25) is 0 Å². The molecule has 2 rings (SSSR count). The van der Waals surface area contributed by atoms with Crippen molar-refractivity contribution >= 4 is 17.6 Å². The van der Waals surface area contributed by atoms with Gasteiger partial charge in [0, 0.05) is 30.2 Å². The van der Waals surface area contributed by atoms with Crippen molar-refractivity contribution in [1.29, 1.82) is 0 Å². The van der Waals surface area contributed by atoms with Crippen molar-refractivity contribution in [3.8, 4) is 0 Å². The van der Waals surface area contributed by atoms with Gasteiger partial charge < -0.3 is 10.4 Å². The molecule has 0 aliphatic heterocycles. The van der Waals surface area contributed by atoms with E-state index in [1.807, 2.05) is 11.8 Å². The van der Waals surface area contributed by atoms with Gasteiger partial charge in [0.1, 0.15) is 12.1 Å². The number of fused-ring (bicyclic) bond motifs is 1. The number of nitrogens with one attached hydrogen (secondary N) is 1. The Kier molecular flexibility index (Phi) is 5.74. The standard InChI is InChI=1S/C13H21N3OS/c17-7-3-8-18-9-6-14-13-11-4-1-2-5-12(11)15-10-16-13/h10,17H,1-9H2,(H,14,15,16). The van der Waals surface area contributed by atoms with Crippen molar-refractivity contribution < 1.29 is 5.11 Å². The van der Waals surface area contributed by atoms with Gasteiger partial charge in [-0.15, -0.1) is 0 Å². The summed E-state index contributed by atoms with van der Waals surface area (Å²) in [7, 11) is 0. The molecule has 4 nitrogen and oxygen atoms in total. The number of hydrogen-bond donors (Lipinski definition) is 2.